The summed E-state index contributed by atoms with van der Waals surface area (Å²) in [4.78, 5) is 77.8. The molecule has 2 fully saturated rings. The maximum absolute atomic E-state index is 13.4. The first-order chi connectivity index (χ1) is 23.0. The molecule has 15 heteroatoms. The van der Waals surface area contributed by atoms with Gasteiger partial charge < -0.3 is 33.9 Å². The van der Waals surface area contributed by atoms with Gasteiger partial charge in [-0.05, 0) is 52.2 Å². The van der Waals surface area contributed by atoms with E-state index in [2.05, 4.69) is 10.6 Å². The number of imide groups is 2. The molecule has 0 aliphatic carbocycles. The second-order valence-electron chi connectivity index (χ2n) is 12.7. The van der Waals surface area contributed by atoms with Crippen molar-refractivity contribution in [3.05, 3.63) is 29.3 Å². The summed E-state index contributed by atoms with van der Waals surface area (Å²) in [6.45, 7) is 9.15. The van der Waals surface area contributed by atoms with Gasteiger partial charge in [-0.1, -0.05) is 6.07 Å². The number of piperidine rings is 2. The van der Waals surface area contributed by atoms with Gasteiger partial charge in [0.2, 0.25) is 17.7 Å². The first-order valence-corrected chi connectivity index (χ1v) is 16.4. The summed E-state index contributed by atoms with van der Waals surface area (Å²) in [6, 6.07) is 4.03. The normalized spacial score (nSPS) is 18.6. The van der Waals surface area contributed by atoms with E-state index < -0.39 is 41.2 Å². The van der Waals surface area contributed by atoms with Gasteiger partial charge in [-0.25, -0.2) is 4.79 Å². The molecule has 48 heavy (non-hydrogen) atoms. The molecule has 1 aromatic rings. The minimum Gasteiger partial charge on any atom is -0.458 e. The van der Waals surface area contributed by atoms with E-state index in [1.807, 2.05) is 4.90 Å². The fraction of sp³-hybridized carbons (Fsp3) is 0.636. The van der Waals surface area contributed by atoms with Gasteiger partial charge in [0.1, 0.15) is 18.2 Å². The lowest BCUT2D eigenvalue weighted by molar-refractivity contribution is -0.160. The van der Waals surface area contributed by atoms with Crippen molar-refractivity contribution in [3.63, 3.8) is 0 Å². The molecule has 0 aromatic heterocycles. The molecule has 5 amide bonds. The summed E-state index contributed by atoms with van der Waals surface area (Å²) >= 11 is 0. The Bertz CT molecular complexity index is 1340. The fourth-order valence-electron chi connectivity index (χ4n) is 5.72. The van der Waals surface area contributed by atoms with Gasteiger partial charge in [0, 0.05) is 32.0 Å². The monoisotopic (exact) mass is 674 g/mol. The van der Waals surface area contributed by atoms with Gasteiger partial charge in [-0.15, -0.1) is 0 Å². The largest absolute Gasteiger partial charge is 0.458 e. The number of carbonyl (C=O) groups excluding carboxylic acids is 6. The third-order valence-electron chi connectivity index (χ3n) is 7.95. The molecule has 4 rings (SSSR count). The van der Waals surface area contributed by atoms with E-state index in [9.17, 15) is 28.8 Å². The number of nitrogens with one attached hydrogen (secondary N) is 2. The van der Waals surface area contributed by atoms with Gasteiger partial charge in [-0.3, -0.25) is 34.2 Å². The predicted molar refractivity (Wildman–Crippen MR) is 170 cm³/mol. The Morgan fingerprint density at radius 2 is 1.48 bits per heavy atom. The zero-order chi connectivity index (χ0) is 34.7. The van der Waals surface area contributed by atoms with E-state index in [0.29, 0.717) is 77.8 Å². The molecule has 0 radical (unpaired) electrons. The van der Waals surface area contributed by atoms with Gasteiger partial charge in [0.25, 0.3) is 11.8 Å². The molecule has 1 unspecified atom stereocenters. The van der Waals surface area contributed by atoms with Crippen LogP contribution in [-0.2, 0) is 42.9 Å². The highest BCUT2D eigenvalue weighted by Gasteiger charge is 2.46. The zero-order valence-electron chi connectivity index (χ0n) is 27.9. The lowest BCUT2D eigenvalue weighted by Gasteiger charge is -2.34. The molecule has 1 aromatic carbocycles. The van der Waals surface area contributed by atoms with Gasteiger partial charge >= 0.3 is 5.97 Å². The van der Waals surface area contributed by atoms with Gasteiger partial charge in [0.05, 0.1) is 63.1 Å². The number of rotatable bonds is 17. The minimum absolute atomic E-state index is 0.0577. The van der Waals surface area contributed by atoms with Crippen LogP contribution in [0, 0.1) is 5.92 Å². The third-order valence-corrected chi connectivity index (χ3v) is 7.95. The van der Waals surface area contributed by atoms with Crippen molar-refractivity contribution in [2.45, 2.75) is 58.1 Å². The maximum atomic E-state index is 13.4. The average Bonchev–Trinajstić information content (AvgIpc) is 3.29. The number of hydrogen-bond acceptors (Lipinski definition) is 12. The maximum Gasteiger partial charge on any atom is 0.332 e. The summed E-state index contributed by atoms with van der Waals surface area (Å²) in [7, 11) is 0. The van der Waals surface area contributed by atoms with Gasteiger partial charge in [-0.2, -0.15) is 0 Å². The van der Waals surface area contributed by atoms with Crippen LogP contribution < -0.4 is 15.5 Å². The number of anilines is 1. The highest BCUT2D eigenvalue weighted by atomic mass is 16.6. The number of hydrogen-bond donors (Lipinski definition) is 2. The van der Waals surface area contributed by atoms with Gasteiger partial charge in [0.15, 0.2) is 0 Å². The van der Waals surface area contributed by atoms with E-state index in [1.54, 1.807) is 39.0 Å². The van der Waals surface area contributed by atoms with E-state index in [1.165, 1.54) is 0 Å². The minimum atomic E-state index is -1.02. The summed E-state index contributed by atoms with van der Waals surface area (Å²) in [5, 5.41) is 5.12. The third kappa shape index (κ3) is 10.3. The van der Waals surface area contributed by atoms with E-state index in [0.717, 1.165) is 4.90 Å². The number of carbonyl (C=O) groups is 6. The van der Waals surface area contributed by atoms with E-state index in [-0.39, 0.29) is 49.0 Å². The van der Waals surface area contributed by atoms with Crippen molar-refractivity contribution in [1.29, 1.82) is 0 Å². The number of esters is 1. The molecule has 2 saturated heterocycles. The van der Waals surface area contributed by atoms with Crippen molar-refractivity contribution in [2.75, 3.05) is 77.4 Å². The molecule has 0 bridgehead atoms. The summed E-state index contributed by atoms with van der Waals surface area (Å²) in [5.74, 6) is -2.82. The van der Waals surface area contributed by atoms with Crippen molar-refractivity contribution < 1.29 is 52.5 Å². The van der Waals surface area contributed by atoms with Crippen LogP contribution in [0.2, 0.25) is 0 Å². The lowest BCUT2D eigenvalue weighted by atomic mass is 9.94. The number of fused-ring (bicyclic) bond motifs is 1. The fourth-order valence-corrected chi connectivity index (χ4v) is 5.72. The van der Waals surface area contributed by atoms with Crippen LogP contribution in [0.25, 0.3) is 0 Å². The molecule has 1 atom stereocenters. The lowest BCUT2D eigenvalue weighted by Crippen LogP contribution is -2.54. The molecule has 2 N–H and O–H groups in total. The van der Waals surface area contributed by atoms with Crippen LogP contribution in [0.15, 0.2) is 18.2 Å². The van der Waals surface area contributed by atoms with E-state index >= 15 is 0 Å². The van der Waals surface area contributed by atoms with Crippen molar-refractivity contribution in [1.82, 2.24) is 15.5 Å². The van der Waals surface area contributed by atoms with Crippen molar-refractivity contribution in [2.24, 2.45) is 5.92 Å². The first kappa shape index (κ1) is 36.9. The van der Waals surface area contributed by atoms with Crippen LogP contribution in [0.3, 0.4) is 0 Å². The Balaban J connectivity index is 1.06. The molecule has 15 nitrogen and oxygen atoms in total. The molecule has 3 aliphatic heterocycles. The Hall–Kier alpha value is -3.92. The number of benzene rings is 1. The smallest absolute Gasteiger partial charge is 0.332 e. The Labute approximate surface area is 279 Å². The van der Waals surface area contributed by atoms with Crippen LogP contribution in [0.5, 0.6) is 0 Å². The molecule has 0 saturated carbocycles. The first-order valence-electron chi connectivity index (χ1n) is 16.4. The van der Waals surface area contributed by atoms with Crippen molar-refractivity contribution >= 4 is 41.2 Å². The number of ether oxygens (including phenoxy) is 5. The second-order valence-corrected chi connectivity index (χ2v) is 12.7. The average molecular weight is 675 g/mol. The second kappa shape index (κ2) is 17.5. The number of amides is 5. The Morgan fingerprint density at radius 1 is 0.854 bits per heavy atom. The number of nitrogens with zero attached hydrogens (tertiary/aromatic N) is 2. The van der Waals surface area contributed by atoms with Crippen LogP contribution in [0.4, 0.5) is 5.69 Å². The summed E-state index contributed by atoms with van der Waals surface area (Å²) in [6.07, 6.45) is 1.29. The molecular weight excluding hydrogens is 628 g/mol. The standard InChI is InChI=1S/C33H46N4O11/c1-33(2,3)48-27(39)21-47-20-19-46-18-17-45-16-15-44-14-11-34-29(40)22-9-12-36(13-10-22)24-6-4-5-23-28(24)32(43)37(31(23)42)25-7-8-26(38)35-30(25)41/h4-6,22,25H,7-21H2,1-3H3,(H,34,40)(H,35,38,41). The zero-order valence-corrected chi connectivity index (χ0v) is 27.9. The predicted octanol–water partition coefficient (Wildman–Crippen LogP) is 0.829. The summed E-state index contributed by atoms with van der Waals surface area (Å²) < 4.78 is 26.7. The molecule has 264 valence electrons. The van der Waals surface area contributed by atoms with Crippen LogP contribution in [0.1, 0.15) is 67.2 Å². The SMILES string of the molecule is CC(C)(C)OC(=O)COCCOCCOCCOCCNC(=O)C1CCN(c2cccc3c2C(=O)N(C2CCC(=O)NC2=O)C3=O)CC1. The topological polar surface area (TPSA) is 179 Å². The molecule has 3 aliphatic rings. The van der Waals surface area contributed by atoms with Crippen LogP contribution >= 0.6 is 0 Å². The molecular formula is C33H46N4O11. The highest BCUT2D eigenvalue weighted by molar-refractivity contribution is 6.25. The Morgan fingerprint density at radius 3 is 2.10 bits per heavy atom. The summed E-state index contributed by atoms with van der Waals surface area (Å²) in [5.41, 5.74) is 0.553. The molecule has 3 heterocycles. The quantitative estimate of drug-likeness (QED) is 0.135. The molecule has 0 spiro atoms. The van der Waals surface area contributed by atoms with Crippen molar-refractivity contribution in [3.8, 4) is 0 Å². The van der Waals surface area contributed by atoms with E-state index in [4.69, 9.17) is 23.7 Å². The van der Waals surface area contributed by atoms with Crippen LogP contribution in [-0.4, -0.2) is 125 Å². The highest BCUT2D eigenvalue weighted by Crippen LogP contribution is 2.35. The Kier molecular flexibility index (Phi) is 13.4.